The van der Waals surface area contributed by atoms with Crippen LogP contribution < -0.4 is 16.0 Å². The van der Waals surface area contributed by atoms with Crippen LogP contribution in [0.1, 0.15) is 26.7 Å². The molecule has 0 bridgehead atoms. The van der Waals surface area contributed by atoms with Crippen LogP contribution in [0, 0.1) is 0 Å². The van der Waals surface area contributed by atoms with Crippen molar-refractivity contribution >= 4 is 0 Å². The summed E-state index contributed by atoms with van der Waals surface area (Å²) >= 11 is 0. The van der Waals surface area contributed by atoms with Gasteiger partial charge in [-0.3, -0.25) is 0 Å². The Bertz CT molecular complexity index is 117. The molecule has 0 heterocycles. The minimum atomic E-state index is 0.494. The van der Waals surface area contributed by atoms with E-state index in [9.17, 15) is 0 Å². The SMILES string of the molecule is CCCC(NC)C(NC)C(C)NC. The summed E-state index contributed by atoms with van der Waals surface area (Å²) < 4.78 is 0. The topological polar surface area (TPSA) is 36.1 Å². The summed E-state index contributed by atoms with van der Waals surface area (Å²) in [4.78, 5) is 0. The molecule has 3 heteroatoms. The maximum absolute atomic E-state index is 3.37. The van der Waals surface area contributed by atoms with Gasteiger partial charge in [-0.05, 0) is 34.5 Å². The van der Waals surface area contributed by atoms with E-state index in [0.29, 0.717) is 18.1 Å². The Morgan fingerprint density at radius 2 is 1.62 bits per heavy atom. The fourth-order valence-corrected chi connectivity index (χ4v) is 1.79. The predicted molar refractivity (Wildman–Crippen MR) is 59.1 cm³/mol. The van der Waals surface area contributed by atoms with E-state index in [1.54, 1.807) is 0 Å². The van der Waals surface area contributed by atoms with Gasteiger partial charge in [0.25, 0.3) is 0 Å². The Balaban J connectivity index is 4.15. The first-order valence-corrected chi connectivity index (χ1v) is 5.23. The minimum Gasteiger partial charge on any atom is -0.316 e. The second-order valence-electron chi connectivity index (χ2n) is 3.58. The lowest BCUT2D eigenvalue weighted by Gasteiger charge is -2.31. The van der Waals surface area contributed by atoms with Crippen molar-refractivity contribution in [3.63, 3.8) is 0 Å². The quantitative estimate of drug-likeness (QED) is 0.545. The van der Waals surface area contributed by atoms with Crippen molar-refractivity contribution in [1.29, 1.82) is 0 Å². The van der Waals surface area contributed by atoms with Crippen LogP contribution in [0.2, 0.25) is 0 Å². The smallest absolute Gasteiger partial charge is 0.0370 e. The lowest BCUT2D eigenvalue weighted by molar-refractivity contribution is 0.323. The Hall–Kier alpha value is -0.120. The molecule has 0 amide bonds. The first-order chi connectivity index (χ1) is 6.21. The van der Waals surface area contributed by atoms with Crippen molar-refractivity contribution in [2.45, 2.75) is 44.8 Å². The standard InChI is InChI=1S/C10H25N3/c1-6-7-9(12-4)10(13-5)8(2)11-3/h8-13H,6-7H2,1-5H3. The van der Waals surface area contributed by atoms with Crippen molar-refractivity contribution in [1.82, 2.24) is 16.0 Å². The highest BCUT2D eigenvalue weighted by Crippen LogP contribution is 2.05. The maximum atomic E-state index is 3.37. The fourth-order valence-electron chi connectivity index (χ4n) is 1.79. The van der Waals surface area contributed by atoms with Crippen LogP contribution >= 0.6 is 0 Å². The summed E-state index contributed by atoms with van der Waals surface area (Å²) in [5.41, 5.74) is 0. The summed E-state index contributed by atoms with van der Waals surface area (Å²) in [5.74, 6) is 0. The first-order valence-electron chi connectivity index (χ1n) is 5.23. The van der Waals surface area contributed by atoms with E-state index in [2.05, 4.69) is 29.8 Å². The molecule has 0 aromatic rings. The number of rotatable bonds is 7. The third kappa shape index (κ3) is 4.07. The summed E-state index contributed by atoms with van der Waals surface area (Å²) in [5, 5.41) is 10.0. The predicted octanol–water partition coefficient (Wildman–Crippen LogP) is 0.570. The summed E-state index contributed by atoms with van der Waals surface area (Å²) in [7, 11) is 6.07. The number of nitrogens with one attached hydrogen (secondary N) is 3. The fraction of sp³-hybridized carbons (Fsp3) is 1.00. The molecule has 0 aliphatic carbocycles. The zero-order valence-electron chi connectivity index (χ0n) is 9.65. The maximum Gasteiger partial charge on any atom is 0.0370 e. The zero-order valence-corrected chi connectivity index (χ0v) is 9.65. The Kier molecular flexibility index (Phi) is 7.23. The Morgan fingerprint density at radius 1 is 1.00 bits per heavy atom. The van der Waals surface area contributed by atoms with E-state index in [1.807, 2.05) is 21.1 Å². The molecule has 0 aromatic heterocycles. The van der Waals surface area contributed by atoms with E-state index >= 15 is 0 Å². The molecule has 0 saturated carbocycles. The van der Waals surface area contributed by atoms with Crippen molar-refractivity contribution < 1.29 is 0 Å². The average molecular weight is 187 g/mol. The van der Waals surface area contributed by atoms with Crippen LogP contribution in [0.25, 0.3) is 0 Å². The Morgan fingerprint density at radius 3 is 1.92 bits per heavy atom. The van der Waals surface area contributed by atoms with Gasteiger partial charge < -0.3 is 16.0 Å². The molecule has 3 atom stereocenters. The van der Waals surface area contributed by atoms with Crippen molar-refractivity contribution in [3.8, 4) is 0 Å². The van der Waals surface area contributed by atoms with Gasteiger partial charge in [-0.2, -0.15) is 0 Å². The second-order valence-corrected chi connectivity index (χ2v) is 3.58. The number of hydrogen-bond acceptors (Lipinski definition) is 3. The van der Waals surface area contributed by atoms with Gasteiger partial charge in [-0.25, -0.2) is 0 Å². The van der Waals surface area contributed by atoms with Gasteiger partial charge >= 0.3 is 0 Å². The molecule has 0 radical (unpaired) electrons. The molecule has 0 aliphatic heterocycles. The molecular weight excluding hydrogens is 162 g/mol. The highest BCUT2D eigenvalue weighted by Gasteiger charge is 2.21. The van der Waals surface area contributed by atoms with E-state index in [-0.39, 0.29) is 0 Å². The van der Waals surface area contributed by atoms with Gasteiger partial charge in [-0.15, -0.1) is 0 Å². The summed E-state index contributed by atoms with van der Waals surface area (Å²) in [6.07, 6.45) is 2.44. The van der Waals surface area contributed by atoms with Crippen LogP contribution in [0.15, 0.2) is 0 Å². The molecule has 0 spiro atoms. The molecule has 0 saturated heterocycles. The average Bonchev–Trinajstić information content (AvgIpc) is 2.17. The number of hydrogen-bond donors (Lipinski definition) is 3. The van der Waals surface area contributed by atoms with Gasteiger partial charge in [0.2, 0.25) is 0 Å². The molecule has 0 aromatic carbocycles. The molecule has 13 heavy (non-hydrogen) atoms. The molecule has 80 valence electrons. The third-order valence-corrected chi connectivity index (χ3v) is 2.73. The third-order valence-electron chi connectivity index (χ3n) is 2.73. The van der Waals surface area contributed by atoms with Gasteiger partial charge in [0.05, 0.1) is 0 Å². The van der Waals surface area contributed by atoms with Crippen molar-refractivity contribution in [2.24, 2.45) is 0 Å². The second kappa shape index (κ2) is 7.30. The highest BCUT2D eigenvalue weighted by molar-refractivity contribution is 4.87. The first kappa shape index (κ1) is 12.9. The van der Waals surface area contributed by atoms with Crippen LogP contribution in [0.4, 0.5) is 0 Å². The van der Waals surface area contributed by atoms with E-state index < -0.39 is 0 Å². The molecular formula is C10H25N3. The van der Waals surface area contributed by atoms with Crippen LogP contribution in [-0.4, -0.2) is 39.3 Å². The molecule has 0 aliphatic rings. The molecule has 3 unspecified atom stereocenters. The minimum absolute atomic E-state index is 0.494. The van der Waals surface area contributed by atoms with Gasteiger partial charge in [0.1, 0.15) is 0 Å². The van der Waals surface area contributed by atoms with Gasteiger partial charge in [0, 0.05) is 18.1 Å². The van der Waals surface area contributed by atoms with Crippen molar-refractivity contribution in [3.05, 3.63) is 0 Å². The largest absolute Gasteiger partial charge is 0.316 e. The van der Waals surface area contributed by atoms with E-state index in [4.69, 9.17) is 0 Å². The molecule has 0 fully saturated rings. The lowest BCUT2D eigenvalue weighted by Crippen LogP contribution is -2.55. The van der Waals surface area contributed by atoms with Crippen LogP contribution in [0.5, 0.6) is 0 Å². The molecule has 0 rings (SSSR count). The van der Waals surface area contributed by atoms with Crippen LogP contribution in [0.3, 0.4) is 0 Å². The lowest BCUT2D eigenvalue weighted by atomic mass is 9.97. The normalized spacial score (nSPS) is 18.2. The molecule has 3 nitrogen and oxygen atoms in total. The summed E-state index contributed by atoms with van der Waals surface area (Å²) in [6.45, 7) is 4.43. The molecule has 3 N–H and O–H groups in total. The van der Waals surface area contributed by atoms with Crippen molar-refractivity contribution in [2.75, 3.05) is 21.1 Å². The Labute approximate surface area is 82.7 Å². The van der Waals surface area contributed by atoms with E-state index in [1.165, 1.54) is 12.8 Å². The van der Waals surface area contributed by atoms with E-state index in [0.717, 1.165) is 0 Å². The van der Waals surface area contributed by atoms with Crippen LogP contribution in [-0.2, 0) is 0 Å². The summed E-state index contributed by atoms with van der Waals surface area (Å²) in [6, 6.07) is 1.54. The zero-order chi connectivity index (χ0) is 10.3. The monoisotopic (exact) mass is 187 g/mol. The van der Waals surface area contributed by atoms with Gasteiger partial charge in [0.15, 0.2) is 0 Å². The highest BCUT2D eigenvalue weighted by atomic mass is 15.0. The van der Waals surface area contributed by atoms with Gasteiger partial charge in [-0.1, -0.05) is 13.3 Å². The number of likely N-dealkylation sites (N-methyl/N-ethyl adjacent to an activating group) is 3.